The number of amides is 3. The van der Waals surface area contributed by atoms with E-state index in [4.69, 9.17) is 0 Å². The Bertz CT molecular complexity index is 1170. The van der Waals surface area contributed by atoms with Crippen molar-refractivity contribution in [2.75, 3.05) is 37.2 Å². The van der Waals surface area contributed by atoms with Crippen molar-refractivity contribution in [3.05, 3.63) is 65.0 Å². The Morgan fingerprint density at radius 1 is 0.969 bits per heavy atom. The minimum Gasteiger partial charge on any atom is -0.338 e. The SMILES string of the molecule is CCn1c(SCC(=O)N2CCN(C(=O)Nc3ccccc3)CC2)nc2ccccc2c1=O. The van der Waals surface area contributed by atoms with Crippen LogP contribution < -0.4 is 10.9 Å². The molecule has 1 aliphatic heterocycles. The third-order valence-corrected chi connectivity index (χ3v) is 6.37. The van der Waals surface area contributed by atoms with E-state index in [-0.39, 0.29) is 23.3 Å². The van der Waals surface area contributed by atoms with E-state index >= 15 is 0 Å². The van der Waals surface area contributed by atoms with Crippen LogP contribution in [0.1, 0.15) is 6.92 Å². The number of hydrogen-bond acceptors (Lipinski definition) is 5. The normalized spacial score (nSPS) is 13.9. The average Bonchev–Trinajstić information content (AvgIpc) is 2.83. The van der Waals surface area contributed by atoms with Gasteiger partial charge in [-0.05, 0) is 31.2 Å². The molecule has 32 heavy (non-hydrogen) atoms. The van der Waals surface area contributed by atoms with Crippen LogP contribution in [0.15, 0.2) is 64.5 Å². The molecule has 4 rings (SSSR count). The van der Waals surface area contributed by atoms with E-state index in [9.17, 15) is 14.4 Å². The molecule has 3 aromatic rings. The molecule has 2 heterocycles. The predicted molar refractivity (Wildman–Crippen MR) is 126 cm³/mol. The third-order valence-electron chi connectivity index (χ3n) is 5.41. The molecular formula is C23H25N5O3S. The van der Waals surface area contributed by atoms with Gasteiger partial charge in [0.2, 0.25) is 5.91 Å². The summed E-state index contributed by atoms with van der Waals surface area (Å²) in [6.07, 6.45) is 0. The standard InChI is InChI=1S/C23H25N5O3S/c1-2-28-21(30)18-10-6-7-11-19(18)25-23(28)32-16-20(29)26-12-14-27(15-13-26)22(31)24-17-8-4-3-5-9-17/h3-11H,2,12-16H2,1H3,(H,24,31). The number of carbonyl (C=O) groups is 2. The Morgan fingerprint density at radius 3 is 2.34 bits per heavy atom. The van der Waals surface area contributed by atoms with Gasteiger partial charge in [-0.1, -0.05) is 42.1 Å². The molecule has 0 radical (unpaired) electrons. The van der Waals surface area contributed by atoms with Crippen molar-refractivity contribution in [2.24, 2.45) is 0 Å². The number of fused-ring (bicyclic) bond motifs is 1. The lowest BCUT2D eigenvalue weighted by molar-refractivity contribution is -0.129. The fraction of sp³-hybridized carbons (Fsp3) is 0.304. The van der Waals surface area contributed by atoms with Crippen molar-refractivity contribution in [2.45, 2.75) is 18.6 Å². The van der Waals surface area contributed by atoms with Crippen molar-refractivity contribution in [1.82, 2.24) is 19.4 Å². The Labute approximate surface area is 190 Å². The van der Waals surface area contributed by atoms with E-state index in [1.165, 1.54) is 11.8 Å². The van der Waals surface area contributed by atoms with Crippen molar-refractivity contribution in [3.8, 4) is 0 Å². The zero-order chi connectivity index (χ0) is 22.5. The lowest BCUT2D eigenvalue weighted by atomic mass is 10.2. The summed E-state index contributed by atoms with van der Waals surface area (Å²) in [5.74, 6) is 0.171. The van der Waals surface area contributed by atoms with Gasteiger partial charge in [-0.3, -0.25) is 14.2 Å². The highest BCUT2D eigenvalue weighted by molar-refractivity contribution is 7.99. The lowest BCUT2D eigenvalue weighted by Gasteiger charge is -2.34. The second kappa shape index (κ2) is 9.86. The Hall–Kier alpha value is -3.33. The fourth-order valence-corrected chi connectivity index (χ4v) is 4.60. The van der Waals surface area contributed by atoms with Gasteiger partial charge in [0.05, 0.1) is 16.7 Å². The highest BCUT2D eigenvalue weighted by atomic mass is 32.2. The molecular weight excluding hydrogens is 426 g/mol. The van der Waals surface area contributed by atoms with Crippen LogP contribution >= 0.6 is 11.8 Å². The summed E-state index contributed by atoms with van der Waals surface area (Å²) in [5, 5.41) is 4.00. The minimum atomic E-state index is -0.162. The van der Waals surface area contributed by atoms with E-state index in [1.54, 1.807) is 20.4 Å². The first-order chi connectivity index (χ1) is 15.6. The van der Waals surface area contributed by atoms with Gasteiger partial charge >= 0.3 is 6.03 Å². The number of hydrogen-bond donors (Lipinski definition) is 1. The molecule has 0 saturated carbocycles. The molecule has 1 saturated heterocycles. The van der Waals surface area contributed by atoms with Crippen LogP contribution in [0, 0.1) is 0 Å². The smallest absolute Gasteiger partial charge is 0.321 e. The number of para-hydroxylation sites is 2. The van der Waals surface area contributed by atoms with Crippen LogP contribution in [0.25, 0.3) is 10.9 Å². The first-order valence-electron chi connectivity index (χ1n) is 10.6. The maximum atomic E-state index is 12.8. The fourth-order valence-electron chi connectivity index (χ4n) is 3.64. The molecule has 3 amide bonds. The number of anilines is 1. The van der Waals surface area contributed by atoms with Gasteiger partial charge < -0.3 is 15.1 Å². The van der Waals surface area contributed by atoms with Crippen LogP contribution in [-0.2, 0) is 11.3 Å². The van der Waals surface area contributed by atoms with Crippen LogP contribution in [0.5, 0.6) is 0 Å². The summed E-state index contributed by atoms with van der Waals surface area (Å²) >= 11 is 1.28. The molecule has 0 atom stereocenters. The van der Waals surface area contributed by atoms with E-state index in [0.29, 0.717) is 48.8 Å². The van der Waals surface area contributed by atoms with Gasteiger partial charge in [0, 0.05) is 38.4 Å². The molecule has 166 valence electrons. The van der Waals surface area contributed by atoms with E-state index in [1.807, 2.05) is 55.5 Å². The Kier molecular flexibility index (Phi) is 6.75. The zero-order valence-electron chi connectivity index (χ0n) is 17.9. The molecule has 9 heteroatoms. The molecule has 8 nitrogen and oxygen atoms in total. The largest absolute Gasteiger partial charge is 0.338 e. The first-order valence-corrected chi connectivity index (χ1v) is 11.6. The van der Waals surface area contributed by atoms with Crippen LogP contribution in [0.3, 0.4) is 0 Å². The Balaban J connectivity index is 1.34. The molecule has 2 aromatic carbocycles. The number of thioether (sulfide) groups is 1. The number of aromatic nitrogens is 2. The van der Waals surface area contributed by atoms with E-state index < -0.39 is 0 Å². The van der Waals surface area contributed by atoms with Gasteiger partial charge in [0.15, 0.2) is 5.16 Å². The number of nitrogens with zero attached hydrogens (tertiary/aromatic N) is 4. The number of urea groups is 1. The van der Waals surface area contributed by atoms with Crippen molar-refractivity contribution >= 4 is 40.3 Å². The van der Waals surface area contributed by atoms with Gasteiger partial charge in [-0.2, -0.15) is 0 Å². The Morgan fingerprint density at radius 2 is 1.62 bits per heavy atom. The van der Waals surface area contributed by atoms with Gasteiger partial charge in [0.25, 0.3) is 5.56 Å². The van der Waals surface area contributed by atoms with Gasteiger partial charge in [-0.25, -0.2) is 9.78 Å². The van der Waals surface area contributed by atoms with E-state index in [0.717, 1.165) is 5.69 Å². The summed E-state index contributed by atoms with van der Waals surface area (Å²) < 4.78 is 1.60. The number of rotatable bonds is 5. The maximum absolute atomic E-state index is 12.8. The van der Waals surface area contributed by atoms with Gasteiger partial charge in [-0.15, -0.1) is 0 Å². The number of carbonyl (C=O) groups excluding carboxylic acids is 2. The highest BCUT2D eigenvalue weighted by Crippen LogP contribution is 2.19. The van der Waals surface area contributed by atoms with Crippen molar-refractivity contribution in [1.29, 1.82) is 0 Å². The van der Waals surface area contributed by atoms with E-state index in [2.05, 4.69) is 10.3 Å². The summed E-state index contributed by atoms with van der Waals surface area (Å²) in [7, 11) is 0. The monoisotopic (exact) mass is 451 g/mol. The molecule has 1 fully saturated rings. The predicted octanol–water partition coefficient (Wildman–Crippen LogP) is 2.88. The van der Waals surface area contributed by atoms with Crippen molar-refractivity contribution < 1.29 is 9.59 Å². The summed E-state index contributed by atoms with van der Waals surface area (Å²) in [6.45, 7) is 4.29. The molecule has 0 aliphatic carbocycles. The van der Waals surface area contributed by atoms with Crippen LogP contribution in [0.2, 0.25) is 0 Å². The highest BCUT2D eigenvalue weighted by Gasteiger charge is 2.24. The molecule has 1 N–H and O–H groups in total. The third kappa shape index (κ3) is 4.77. The van der Waals surface area contributed by atoms with Gasteiger partial charge in [0.1, 0.15) is 0 Å². The lowest BCUT2D eigenvalue weighted by Crippen LogP contribution is -2.52. The van der Waals surface area contributed by atoms with Crippen LogP contribution in [0.4, 0.5) is 10.5 Å². The number of nitrogens with one attached hydrogen (secondary N) is 1. The molecule has 1 aromatic heterocycles. The molecule has 0 unspecified atom stereocenters. The first kappa shape index (κ1) is 21.9. The number of benzene rings is 2. The van der Waals surface area contributed by atoms with Crippen LogP contribution in [-0.4, -0.2) is 63.2 Å². The summed E-state index contributed by atoms with van der Waals surface area (Å²) in [5.41, 5.74) is 1.29. The maximum Gasteiger partial charge on any atom is 0.321 e. The van der Waals surface area contributed by atoms with Crippen molar-refractivity contribution in [3.63, 3.8) is 0 Å². The molecule has 1 aliphatic rings. The molecule has 0 bridgehead atoms. The minimum absolute atomic E-state index is 0.0248. The number of piperazine rings is 1. The molecule has 0 spiro atoms. The zero-order valence-corrected chi connectivity index (χ0v) is 18.7. The average molecular weight is 452 g/mol. The second-order valence-corrected chi connectivity index (χ2v) is 8.36. The second-order valence-electron chi connectivity index (χ2n) is 7.41. The quantitative estimate of drug-likeness (QED) is 0.476. The summed E-state index contributed by atoms with van der Waals surface area (Å²) in [6, 6.07) is 16.4. The topological polar surface area (TPSA) is 87.5 Å². The summed E-state index contributed by atoms with van der Waals surface area (Å²) in [4.78, 5) is 46.0.